The lowest BCUT2D eigenvalue weighted by Crippen LogP contribution is -2.52. The third-order valence-corrected chi connectivity index (χ3v) is 3.72. The van der Waals surface area contributed by atoms with E-state index < -0.39 is 11.7 Å². The van der Waals surface area contributed by atoms with Gasteiger partial charge in [0.2, 0.25) is 0 Å². The third kappa shape index (κ3) is 2.40. The van der Waals surface area contributed by atoms with Gasteiger partial charge in [-0.15, -0.1) is 0 Å². The molecule has 2 rings (SSSR count). The van der Waals surface area contributed by atoms with Crippen LogP contribution in [0.5, 0.6) is 0 Å². The average Bonchev–Trinajstić information content (AvgIpc) is 2.83. The topological polar surface area (TPSA) is 47.9 Å². The van der Waals surface area contributed by atoms with E-state index >= 15 is 0 Å². The first kappa shape index (κ1) is 12.3. The van der Waals surface area contributed by atoms with Gasteiger partial charge in [0.1, 0.15) is 0 Å². The minimum absolute atomic E-state index is 0.227. The van der Waals surface area contributed by atoms with Crippen molar-refractivity contribution < 1.29 is 19.3 Å². The van der Waals surface area contributed by atoms with Crippen molar-refractivity contribution >= 4 is 0 Å². The van der Waals surface area contributed by atoms with E-state index in [1.165, 1.54) is 0 Å². The molecular formula is C12H22O4. The van der Waals surface area contributed by atoms with Crippen LogP contribution in [-0.4, -0.2) is 49.8 Å². The van der Waals surface area contributed by atoms with Crippen LogP contribution in [0.25, 0.3) is 0 Å². The first-order valence-electron chi connectivity index (χ1n) is 6.26. The minimum atomic E-state index is -0.418. The summed E-state index contributed by atoms with van der Waals surface area (Å²) in [5.41, 5.74) is -0.397. The molecule has 2 heterocycles. The fourth-order valence-electron chi connectivity index (χ4n) is 2.76. The molecule has 0 aromatic heterocycles. The second-order valence-electron chi connectivity index (χ2n) is 4.68. The maximum Gasteiger partial charge on any atom is 0.0987 e. The zero-order valence-corrected chi connectivity index (χ0v) is 9.98. The van der Waals surface area contributed by atoms with Gasteiger partial charge in [0.05, 0.1) is 18.3 Å². The summed E-state index contributed by atoms with van der Waals surface area (Å²) in [7, 11) is 0. The molecule has 2 atom stereocenters. The summed E-state index contributed by atoms with van der Waals surface area (Å²) < 4.78 is 16.6. The Hall–Kier alpha value is -0.160. The van der Waals surface area contributed by atoms with Crippen LogP contribution in [0.1, 0.15) is 26.2 Å². The van der Waals surface area contributed by atoms with Crippen LogP contribution in [0.2, 0.25) is 0 Å². The van der Waals surface area contributed by atoms with E-state index in [1.807, 2.05) is 6.92 Å². The second-order valence-corrected chi connectivity index (χ2v) is 4.68. The van der Waals surface area contributed by atoms with Gasteiger partial charge in [0, 0.05) is 45.2 Å². The number of rotatable bonds is 4. The van der Waals surface area contributed by atoms with E-state index in [2.05, 4.69) is 0 Å². The van der Waals surface area contributed by atoms with Crippen LogP contribution in [0.15, 0.2) is 0 Å². The number of aliphatic hydroxyl groups excluding tert-OH is 1. The van der Waals surface area contributed by atoms with Crippen molar-refractivity contribution in [1.29, 1.82) is 0 Å². The van der Waals surface area contributed by atoms with Crippen molar-refractivity contribution in [1.82, 2.24) is 0 Å². The predicted octanol–water partition coefficient (Wildman–Crippen LogP) is 0.969. The van der Waals surface area contributed by atoms with Gasteiger partial charge in [-0.05, 0) is 13.3 Å². The van der Waals surface area contributed by atoms with Crippen molar-refractivity contribution in [2.75, 3.05) is 33.0 Å². The van der Waals surface area contributed by atoms with Gasteiger partial charge in [-0.25, -0.2) is 0 Å². The quantitative estimate of drug-likeness (QED) is 0.782. The molecule has 0 aromatic rings. The minimum Gasteiger partial charge on any atom is -0.390 e. The van der Waals surface area contributed by atoms with Crippen molar-refractivity contribution in [3.8, 4) is 0 Å². The summed E-state index contributed by atoms with van der Waals surface area (Å²) in [6.45, 7) is 5.42. The van der Waals surface area contributed by atoms with Crippen molar-refractivity contribution in [2.45, 2.75) is 37.9 Å². The highest BCUT2D eigenvalue weighted by Crippen LogP contribution is 2.35. The Balaban J connectivity index is 2.03. The summed E-state index contributed by atoms with van der Waals surface area (Å²) in [6.07, 6.45) is 2.10. The molecule has 0 bridgehead atoms. The van der Waals surface area contributed by atoms with E-state index in [4.69, 9.17) is 14.2 Å². The molecule has 0 amide bonds. The van der Waals surface area contributed by atoms with Crippen LogP contribution in [0.3, 0.4) is 0 Å². The van der Waals surface area contributed by atoms with Crippen LogP contribution < -0.4 is 0 Å². The zero-order valence-electron chi connectivity index (χ0n) is 9.98. The highest BCUT2D eigenvalue weighted by molar-refractivity contribution is 4.94. The number of aliphatic hydroxyl groups is 1. The van der Waals surface area contributed by atoms with Gasteiger partial charge in [0.25, 0.3) is 0 Å². The maximum absolute atomic E-state index is 10.5. The lowest BCUT2D eigenvalue weighted by molar-refractivity contribution is -0.179. The summed E-state index contributed by atoms with van der Waals surface area (Å²) in [5, 5.41) is 10.5. The number of hydrogen-bond donors (Lipinski definition) is 1. The first-order chi connectivity index (χ1) is 7.78. The molecule has 0 radical (unpaired) electrons. The van der Waals surface area contributed by atoms with Crippen LogP contribution in [-0.2, 0) is 14.2 Å². The van der Waals surface area contributed by atoms with Crippen molar-refractivity contribution in [3.05, 3.63) is 0 Å². The van der Waals surface area contributed by atoms with Gasteiger partial charge in [-0.3, -0.25) is 0 Å². The smallest absolute Gasteiger partial charge is 0.0987 e. The predicted molar refractivity (Wildman–Crippen MR) is 59.3 cm³/mol. The molecule has 0 spiro atoms. The number of ether oxygens (including phenoxy) is 3. The van der Waals surface area contributed by atoms with Crippen molar-refractivity contribution in [3.63, 3.8) is 0 Å². The highest BCUT2D eigenvalue weighted by Gasteiger charge is 2.44. The Morgan fingerprint density at radius 2 is 2.06 bits per heavy atom. The van der Waals surface area contributed by atoms with E-state index in [9.17, 15) is 5.11 Å². The molecule has 16 heavy (non-hydrogen) atoms. The van der Waals surface area contributed by atoms with E-state index in [0.717, 1.165) is 25.9 Å². The van der Waals surface area contributed by atoms with Crippen LogP contribution >= 0.6 is 0 Å². The summed E-state index contributed by atoms with van der Waals surface area (Å²) in [4.78, 5) is 0. The molecule has 94 valence electrons. The standard InChI is InChI=1S/C12H22O4/c1-2-16-12(4-7-14-8-5-12)11(13)10-3-6-15-9-10/h10-11,13H,2-9H2,1H3. The number of hydrogen-bond acceptors (Lipinski definition) is 4. The van der Waals surface area contributed by atoms with Gasteiger partial charge in [0.15, 0.2) is 0 Å². The van der Waals surface area contributed by atoms with Gasteiger partial charge >= 0.3 is 0 Å². The molecule has 2 unspecified atom stereocenters. The highest BCUT2D eigenvalue weighted by atomic mass is 16.5. The lowest BCUT2D eigenvalue weighted by Gasteiger charge is -2.42. The SMILES string of the molecule is CCOC1(C(O)C2CCOC2)CCOCC1. The fourth-order valence-corrected chi connectivity index (χ4v) is 2.76. The second kappa shape index (κ2) is 5.45. The summed E-state index contributed by atoms with van der Waals surface area (Å²) >= 11 is 0. The zero-order chi connectivity index (χ0) is 11.4. The average molecular weight is 230 g/mol. The molecule has 2 aliphatic heterocycles. The van der Waals surface area contributed by atoms with E-state index in [0.29, 0.717) is 26.4 Å². The molecule has 2 aliphatic rings. The Morgan fingerprint density at radius 3 is 2.62 bits per heavy atom. The molecule has 0 aromatic carbocycles. The van der Waals surface area contributed by atoms with Gasteiger partial charge in [-0.1, -0.05) is 0 Å². The third-order valence-electron chi connectivity index (χ3n) is 3.72. The van der Waals surface area contributed by atoms with Crippen molar-refractivity contribution in [2.24, 2.45) is 5.92 Å². The molecule has 0 aliphatic carbocycles. The molecular weight excluding hydrogens is 208 g/mol. The van der Waals surface area contributed by atoms with Crippen LogP contribution in [0, 0.1) is 5.92 Å². The Labute approximate surface area is 96.9 Å². The van der Waals surface area contributed by atoms with E-state index in [-0.39, 0.29) is 5.92 Å². The Kier molecular flexibility index (Phi) is 4.19. The molecule has 2 fully saturated rings. The Bertz CT molecular complexity index is 202. The molecule has 4 nitrogen and oxygen atoms in total. The molecule has 4 heteroatoms. The normalized spacial score (nSPS) is 31.5. The molecule has 0 saturated carbocycles. The van der Waals surface area contributed by atoms with Gasteiger partial charge < -0.3 is 19.3 Å². The van der Waals surface area contributed by atoms with Crippen LogP contribution in [0.4, 0.5) is 0 Å². The summed E-state index contributed by atoms with van der Waals surface area (Å²) in [5.74, 6) is 0.227. The maximum atomic E-state index is 10.5. The Morgan fingerprint density at radius 1 is 1.31 bits per heavy atom. The first-order valence-corrected chi connectivity index (χ1v) is 6.26. The van der Waals surface area contributed by atoms with E-state index in [1.54, 1.807) is 0 Å². The summed E-state index contributed by atoms with van der Waals surface area (Å²) in [6, 6.07) is 0. The largest absolute Gasteiger partial charge is 0.390 e. The van der Waals surface area contributed by atoms with Gasteiger partial charge in [-0.2, -0.15) is 0 Å². The fraction of sp³-hybridized carbons (Fsp3) is 1.00. The molecule has 2 saturated heterocycles. The lowest BCUT2D eigenvalue weighted by atomic mass is 9.81. The molecule has 1 N–H and O–H groups in total. The monoisotopic (exact) mass is 230 g/mol.